The van der Waals surface area contributed by atoms with E-state index in [0.29, 0.717) is 6.54 Å². The minimum Gasteiger partial charge on any atom is -0.332 e. The molecule has 0 saturated heterocycles. The number of benzene rings is 2. The molecule has 0 aliphatic rings. The van der Waals surface area contributed by atoms with Crippen molar-refractivity contribution in [2.45, 2.75) is 33.4 Å². The minimum absolute atomic E-state index is 0.0597. The van der Waals surface area contributed by atoms with E-state index in [1.165, 1.54) is 0 Å². The Kier molecular flexibility index (Phi) is 5.18. The second-order valence-electron chi connectivity index (χ2n) is 5.50. The van der Waals surface area contributed by atoms with Crippen molar-refractivity contribution in [1.82, 2.24) is 4.90 Å². The minimum atomic E-state index is 0.0597. The first-order valence-electron chi connectivity index (χ1n) is 7.10. The lowest BCUT2D eigenvalue weighted by Crippen LogP contribution is -2.36. The molecule has 0 radical (unpaired) electrons. The van der Waals surface area contributed by atoms with Gasteiger partial charge < -0.3 is 4.90 Å². The molecule has 0 aromatic heterocycles. The summed E-state index contributed by atoms with van der Waals surface area (Å²) in [5, 5.41) is 0. The molecular formula is C18H20BrNO. The van der Waals surface area contributed by atoms with E-state index < -0.39 is 0 Å². The van der Waals surface area contributed by atoms with Crippen molar-refractivity contribution in [3.05, 3.63) is 69.7 Å². The maximum Gasteiger partial charge on any atom is 0.255 e. The molecule has 2 nitrogen and oxygen atoms in total. The van der Waals surface area contributed by atoms with Gasteiger partial charge >= 0.3 is 0 Å². The van der Waals surface area contributed by atoms with Crippen LogP contribution in [0.15, 0.2) is 53.0 Å². The molecule has 0 fully saturated rings. The third-order valence-corrected chi connectivity index (χ3v) is 4.12. The van der Waals surface area contributed by atoms with E-state index in [2.05, 4.69) is 15.9 Å². The van der Waals surface area contributed by atoms with Crippen molar-refractivity contribution in [3.8, 4) is 0 Å². The van der Waals surface area contributed by atoms with Crippen molar-refractivity contribution in [2.24, 2.45) is 0 Å². The highest BCUT2D eigenvalue weighted by Crippen LogP contribution is 2.22. The molecule has 0 bridgehead atoms. The highest BCUT2D eigenvalue weighted by Gasteiger charge is 2.21. The van der Waals surface area contributed by atoms with Crippen LogP contribution < -0.4 is 0 Å². The molecule has 0 aliphatic carbocycles. The Balaban J connectivity index is 2.30. The summed E-state index contributed by atoms with van der Waals surface area (Å²) in [6.07, 6.45) is 0. The van der Waals surface area contributed by atoms with Gasteiger partial charge in [0.25, 0.3) is 5.91 Å². The third-order valence-electron chi connectivity index (χ3n) is 3.43. The molecule has 0 unspecified atom stereocenters. The van der Waals surface area contributed by atoms with Crippen LogP contribution in [-0.4, -0.2) is 16.8 Å². The van der Waals surface area contributed by atoms with E-state index in [1.807, 2.05) is 74.2 Å². The molecule has 21 heavy (non-hydrogen) atoms. The first kappa shape index (κ1) is 15.8. The maximum atomic E-state index is 12.9. The van der Waals surface area contributed by atoms with E-state index in [1.54, 1.807) is 0 Å². The number of aryl methyl sites for hydroxylation is 1. The fourth-order valence-electron chi connectivity index (χ4n) is 2.23. The lowest BCUT2D eigenvalue weighted by molar-refractivity contribution is 0.0689. The Morgan fingerprint density at radius 2 is 1.81 bits per heavy atom. The molecule has 2 aromatic rings. The van der Waals surface area contributed by atoms with Crippen LogP contribution in [0.25, 0.3) is 0 Å². The van der Waals surface area contributed by atoms with Crippen molar-refractivity contribution in [2.75, 3.05) is 0 Å². The van der Waals surface area contributed by atoms with Crippen LogP contribution in [0.2, 0.25) is 0 Å². The Morgan fingerprint density at radius 3 is 2.43 bits per heavy atom. The van der Waals surface area contributed by atoms with E-state index in [-0.39, 0.29) is 11.9 Å². The average Bonchev–Trinajstić information content (AvgIpc) is 2.47. The standard InChI is InChI=1S/C18H20BrNO/c1-13(2)20(12-15-7-5-4-6-8-15)18(21)16-11-14(3)9-10-17(16)19/h4-11,13H,12H2,1-3H3. The predicted octanol–water partition coefficient (Wildman–Crippen LogP) is 4.81. The molecule has 1 amide bonds. The summed E-state index contributed by atoms with van der Waals surface area (Å²) in [6, 6.07) is 16.1. The first-order chi connectivity index (χ1) is 9.99. The number of amides is 1. The number of nitrogens with zero attached hydrogens (tertiary/aromatic N) is 1. The van der Waals surface area contributed by atoms with Crippen LogP contribution in [-0.2, 0) is 6.54 Å². The zero-order valence-electron chi connectivity index (χ0n) is 12.6. The summed E-state index contributed by atoms with van der Waals surface area (Å²) in [5.74, 6) is 0.0597. The van der Waals surface area contributed by atoms with Gasteiger partial charge in [0, 0.05) is 17.1 Å². The summed E-state index contributed by atoms with van der Waals surface area (Å²) in [5.41, 5.74) is 2.95. The molecule has 2 aromatic carbocycles. The normalized spacial score (nSPS) is 10.7. The van der Waals surface area contributed by atoms with Gasteiger partial charge in [0.2, 0.25) is 0 Å². The number of halogens is 1. The van der Waals surface area contributed by atoms with Crippen LogP contribution >= 0.6 is 15.9 Å². The molecular weight excluding hydrogens is 326 g/mol. The van der Waals surface area contributed by atoms with E-state index in [4.69, 9.17) is 0 Å². The van der Waals surface area contributed by atoms with Gasteiger partial charge in [-0.05, 0) is 54.4 Å². The number of carbonyl (C=O) groups excluding carboxylic acids is 1. The van der Waals surface area contributed by atoms with Crippen molar-refractivity contribution in [3.63, 3.8) is 0 Å². The zero-order chi connectivity index (χ0) is 15.4. The van der Waals surface area contributed by atoms with Gasteiger partial charge in [-0.1, -0.05) is 42.0 Å². The molecule has 2 rings (SSSR count). The molecule has 0 heterocycles. The summed E-state index contributed by atoms with van der Waals surface area (Å²) in [4.78, 5) is 14.8. The Hall–Kier alpha value is -1.61. The second kappa shape index (κ2) is 6.90. The van der Waals surface area contributed by atoms with Gasteiger partial charge in [0.05, 0.1) is 5.56 Å². The van der Waals surface area contributed by atoms with Crippen LogP contribution in [0.4, 0.5) is 0 Å². The Labute approximate surface area is 134 Å². The molecule has 0 atom stereocenters. The molecule has 3 heteroatoms. The van der Waals surface area contributed by atoms with Gasteiger partial charge in [-0.3, -0.25) is 4.79 Å². The number of rotatable bonds is 4. The largest absolute Gasteiger partial charge is 0.332 e. The van der Waals surface area contributed by atoms with Crippen molar-refractivity contribution < 1.29 is 4.79 Å². The molecule has 0 saturated carbocycles. The highest BCUT2D eigenvalue weighted by atomic mass is 79.9. The van der Waals surface area contributed by atoms with E-state index >= 15 is 0 Å². The van der Waals surface area contributed by atoms with Crippen molar-refractivity contribution in [1.29, 1.82) is 0 Å². The summed E-state index contributed by atoms with van der Waals surface area (Å²) in [7, 11) is 0. The number of hydrogen-bond acceptors (Lipinski definition) is 1. The third kappa shape index (κ3) is 3.94. The molecule has 0 spiro atoms. The van der Waals surface area contributed by atoms with E-state index in [9.17, 15) is 4.79 Å². The summed E-state index contributed by atoms with van der Waals surface area (Å²) < 4.78 is 0.844. The predicted molar refractivity (Wildman–Crippen MR) is 90.3 cm³/mol. The summed E-state index contributed by atoms with van der Waals surface area (Å²) in [6.45, 7) is 6.72. The van der Waals surface area contributed by atoms with Gasteiger partial charge in [-0.25, -0.2) is 0 Å². The quantitative estimate of drug-likeness (QED) is 0.778. The van der Waals surface area contributed by atoms with E-state index in [0.717, 1.165) is 21.2 Å². The first-order valence-corrected chi connectivity index (χ1v) is 7.89. The van der Waals surface area contributed by atoms with Crippen LogP contribution in [0.5, 0.6) is 0 Å². The topological polar surface area (TPSA) is 20.3 Å². The Bertz CT molecular complexity index is 622. The maximum absolute atomic E-state index is 12.9. The van der Waals surface area contributed by atoms with Crippen LogP contribution in [0.1, 0.15) is 35.3 Å². The summed E-state index contributed by atoms with van der Waals surface area (Å²) >= 11 is 3.49. The lowest BCUT2D eigenvalue weighted by atomic mass is 10.1. The number of carbonyl (C=O) groups is 1. The van der Waals surface area contributed by atoms with Gasteiger partial charge in [-0.2, -0.15) is 0 Å². The van der Waals surface area contributed by atoms with Gasteiger partial charge in [0.15, 0.2) is 0 Å². The SMILES string of the molecule is Cc1ccc(Br)c(C(=O)N(Cc2ccccc2)C(C)C)c1. The average molecular weight is 346 g/mol. The van der Waals surface area contributed by atoms with Crippen LogP contribution in [0.3, 0.4) is 0 Å². The monoisotopic (exact) mass is 345 g/mol. The smallest absolute Gasteiger partial charge is 0.255 e. The van der Waals surface area contributed by atoms with Gasteiger partial charge in [-0.15, -0.1) is 0 Å². The fourth-order valence-corrected chi connectivity index (χ4v) is 2.64. The molecule has 0 N–H and O–H groups in total. The molecule has 110 valence electrons. The van der Waals surface area contributed by atoms with Crippen LogP contribution in [0, 0.1) is 6.92 Å². The fraction of sp³-hybridized carbons (Fsp3) is 0.278. The Morgan fingerprint density at radius 1 is 1.14 bits per heavy atom. The van der Waals surface area contributed by atoms with Gasteiger partial charge in [0.1, 0.15) is 0 Å². The highest BCUT2D eigenvalue weighted by molar-refractivity contribution is 9.10. The lowest BCUT2D eigenvalue weighted by Gasteiger charge is -2.27. The van der Waals surface area contributed by atoms with Crippen molar-refractivity contribution >= 4 is 21.8 Å². The zero-order valence-corrected chi connectivity index (χ0v) is 14.2. The number of hydrogen-bond donors (Lipinski definition) is 0. The molecule has 0 aliphatic heterocycles. The second-order valence-corrected chi connectivity index (χ2v) is 6.35.